The lowest BCUT2D eigenvalue weighted by Crippen LogP contribution is -2.24. The Hall–Kier alpha value is -0.880. The van der Waals surface area contributed by atoms with E-state index in [2.05, 4.69) is 15.9 Å². The third-order valence-corrected chi connectivity index (χ3v) is 4.15. The lowest BCUT2D eigenvalue weighted by Gasteiger charge is -2.19. The van der Waals surface area contributed by atoms with Gasteiger partial charge < -0.3 is 4.90 Å². The second-order valence-corrected chi connectivity index (χ2v) is 7.39. The molecule has 1 rings (SSSR count). The zero-order chi connectivity index (χ0) is 13.9. The number of halogens is 1. The average Bonchev–Trinajstić information content (AvgIpc) is 2.24. The summed E-state index contributed by atoms with van der Waals surface area (Å²) in [6, 6.07) is 5.36. The number of hydrogen-bond donors (Lipinski definition) is 0. The van der Waals surface area contributed by atoms with Gasteiger partial charge in [-0.25, -0.2) is 8.42 Å². The van der Waals surface area contributed by atoms with E-state index in [-0.39, 0.29) is 11.5 Å². The van der Waals surface area contributed by atoms with E-state index in [9.17, 15) is 13.2 Å². The van der Waals surface area contributed by atoms with Gasteiger partial charge in [-0.3, -0.25) is 4.79 Å². The summed E-state index contributed by atoms with van der Waals surface area (Å²) < 4.78 is 22.9. The fourth-order valence-electron chi connectivity index (χ4n) is 1.46. The minimum Gasteiger partial charge on any atom is -0.374 e. The molecular weight excluding hydrogens is 318 g/mol. The summed E-state index contributed by atoms with van der Waals surface area (Å²) in [6.07, 6.45) is 1.22. The van der Waals surface area contributed by atoms with Crippen LogP contribution >= 0.6 is 15.9 Å². The van der Waals surface area contributed by atoms with Gasteiger partial charge in [0.1, 0.15) is 9.84 Å². The van der Waals surface area contributed by atoms with Crippen LogP contribution in [0.5, 0.6) is 0 Å². The maximum atomic E-state index is 11.3. The van der Waals surface area contributed by atoms with Gasteiger partial charge in [0.2, 0.25) is 0 Å². The molecule has 0 unspecified atom stereocenters. The molecule has 0 heterocycles. The van der Waals surface area contributed by atoms with Crippen molar-refractivity contribution in [3.63, 3.8) is 0 Å². The van der Waals surface area contributed by atoms with E-state index in [0.717, 1.165) is 10.2 Å². The second kappa shape index (κ2) is 5.84. The van der Waals surface area contributed by atoms with Crippen LogP contribution in [0.15, 0.2) is 22.7 Å². The van der Waals surface area contributed by atoms with Gasteiger partial charge in [-0.2, -0.15) is 0 Å². The highest BCUT2D eigenvalue weighted by Crippen LogP contribution is 2.23. The molecule has 4 nitrogen and oxygen atoms in total. The zero-order valence-electron chi connectivity index (χ0n) is 10.6. The standard InChI is InChI=1S/C12H16BrNO3S/c1-9(15)11-5-4-10(8-12(11)13)14(2)6-7-18(3,16)17/h4-5,8H,6-7H2,1-3H3. The van der Waals surface area contributed by atoms with Gasteiger partial charge >= 0.3 is 0 Å². The monoisotopic (exact) mass is 333 g/mol. The van der Waals surface area contributed by atoms with E-state index in [1.165, 1.54) is 13.2 Å². The molecule has 100 valence electrons. The van der Waals surface area contributed by atoms with Crippen LogP contribution in [0, 0.1) is 0 Å². The largest absolute Gasteiger partial charge is 0.374 e. The summed E-state index contributed by atoms with van der Waals surface area (Å²) in [5, 5.41) is 0. The predicted molar refractivity (Wildman–Crippen MR) is 77.1 cm³/mol. The molecule has 0 aliphatic heterocycles. The van der Waals surface area contributed by atoms with Gasteiger partial charge in [-0.15, -0.1) is 0 Å². The highest BCUT2D eigenvalue weighted by molar-refractivity contribution is 9.10. The van der Waals surface area contributed by atoms with E-state index < -0.39 is 9.84 Å². The Morgan fingerprint density at radius 3 is 2.44 bits per heavy atom. The molecule has 1 aromatic rings. The molecule has 0 aromatic heterocycles. The fraction of sp³-hybridized carbons (Fsp3) is 0.417. The van der Waals surface area contributed by atoms with Gasteiger partial charge in [0.15, 0.2) is 5.78 Å². The highest BCUT2D eigenvalue weighted by Gasteiger charge is 2.10. The van der Waals surface area contributed by atoms with Crippen molar-refractivity contribution in [1.82, 2.24) is 0 Å². The first kappa shape index (κ1) is 15.2. The molecule has 0 amide bonds. The molecule has 1 aromatic carbocycles. The third kappa shape index (κ3) is 4.42. The summed E-state index contributed by atoms with van der Waals surface area (Å²) in [5.41, 5.74) is 1.49. The summed E-state index contributed by atoms with van der Waals surface area (Å²) >= 11 is 3.34. The number of carbonyl (C=O) groups excluding carboxylic acids is 1. The summed E-state index contributed by atoms with van der Waals surface area (Å²) in [4.78, 5) is 13.1. The first-order valence-corrected chi connectivity index (χ1v) is 8.25. The van der Waals surface area contributed by atoms with E-state index >= 15 is 0 Å². The lowest BCUT2D eigenvalue weighted by molar-refractivity contribution is 0.101. The van der Waals surface area contributed by atoms with Crippen molar-refractivity contribution < 1.29 is 13.2 Å². The van der Waals surface area contributed by atoms with Crippen molar-refractivity contribution in [2.45, 2.75) is 6.92 Å². The van der Waals surface area contributed by atoms with Crippen molar-refractivity contribution in [3.8, 4) is 0 Å². The molecule has 0 spiro atoms. The first-order chi connectivity index (χ1) is 8.20. The number of Topliss-reactive ketones (excluding diaryl/α,β-unsaturated/α-hetero) is 1. The van der Waals surface area contributed by atoms with E-state index in [1.807, 2.05) is 24.1 Å². The summed E-state index contributed by atoms with van der Waals surface area (Å²) in [5.74, 6) is 0.0995. The van der Waals surface area contributed by atoms with Crippen LogP contribution in [0.3, 0.4) is 0 Å². The number of benzene rings is 1. The Balaban J connectivity index is 2.85. The van der Waals surface area contributed by atoms with E-state index in [0.29, 0.717) is 12.1 Å². The predicted octanol–water partition coefficient (Wildman–Crippen LogP) is 2.13. The van der Waals surface area contributed by atoms with Crippen LogP contribution in [-0.2, 0) is 9.84 Å². The maximum absolute atomic E-state index is 11.3. The quantitative estimate of drug-likeness (QED) is 0.774. The van der Waals surface area contributed by atoms with Crippen molar-refractivity contribution in [2.24, 2.45) is 0 Å². The average molecular weight is 334 g/mol. The molecule has 6 heteroatoms. The van der Waals surface area contributed by atoms with Crippen molar-refractivity contribution in [3.05, 3.63) is 28.2 Å². The molecule has 18 heavy (non-hydrogen) atoms. The Labute approximate surface area is 116 Å². The van der Waals surface area contributed by atoms with E-state index in [4.69, 9.17) is 0 Å². The molecule has 0 fully saturated rings. The molecular formula is C12H16BrNO3S. The van der Waals surface area contributed by atoms with Crippen LogP contribution in [0.2, 0.25) is 0 Å². The molecule has 0 atom stereocenters. The number of ketones is 1. The normalized spacial score (nSPS) is 11.3. The van der Waals surface area contributed by atoms with E-state index in [1.54, 1.807) is 6.07 Å². The van der Waals surface area contributed by atoms with Crippen LogP contribution in [0.25, 0.3) is 0 Å². The number of hydrogen-bond acceptors (Lipinski definition) is 4. The van der Waals surface area contributed by atoms with Gasteiger partial charge in [0.05, 0.1) is 5.75 Å². The fourth-order valence-corrected chi connectivity index (χ4v) is 2.71. The first-order valence-electron chi connectivity index (χ1n) is 5.40. The smallest absolute Gasteiger partial charge is 0.160 e. The molecule has 0 N–H and O–H groups in total. The van der Waals surface area contributed by atoms with Gasteiger partial charge in [0.25, 0.3) is 0 Å². The second-order valence-electron chi connectivity index (χ2n) is 4.27. The molecule has 0 radical (unpaired) electrons. The molecule has 0 aliphatic rings. The van der Waals surface area contributed by atoms with Crippen molar-refractivity contribution in [2.75, 3.05) is 30.5 Å². The van der Waals surface area contributed by atoms with Crippen LogP contribution in [0.4, 0.5) is 5.69 Å². The summed E-state index contributed by atoms with van der Waals surface area (Å²) in [7, 11) is -1.15. The Morgan fingerprint density at radius 2 is 2.00 bits per heavy atom. The molecule has 0 saturated carbocycles. The maximum Gasteiger partial charge on any atom is 0.160 e. The number of rotatable bonds is 5. The topological polar surface area (TPSA) is 54.5 Å². The number of carbonyl (C=O) groups is 1. The number of nitrogens with zero attached hydrogens (tertiary/aromatic N) is 1. The Kier molecular flexibility index (Phi) is 4.92. The summed E-state index contributed by atoms with van der Waals surface area (Å²) in [6.45, 7) is 1.93. The minimum absolute atomic E-state index is 0.00721. The Bertz CT molecular complexity index is 554. The SMILES string of the molecule is CC(=O)c1ccc(N(C)CCS(C)(=O)=O)cc1Br. The molecule has 0 aliphatic carbocycles. The van der Waals surface area contributed by atoms with Crippen molar-refractivity contribution in [1.29, 1.82) is 0 Å². The molecule has 0 saturated heterocycles. The van der Waals surface area contributed by atoms with Crippen LogP contribution in [0.1, 0.15) is 17.3 Å². The molecule has 0 bridgehead atoms. The Morgan fingerprint density at radius 1 is 1.39 bits per heavy atom. The van der Waals surface area contributed by atoms with Gasteiger partial charge in [-0.05, 0) is 41.1 Å². The van der Waals surface area contributed by atoms with Gasteiger partial charge in [-0.1, -0.05) is 0 Å². The zero-order valence-corrected chi connectivity index (χ0v) is 13.0. The van der Waals surface area contributed by atoms with Crippen molar-refractivity contribution >= 4 is 37.2 Å². The van der Waals surface area contributed by atoms with Crippen LogP contribution < -0.4 is 4.90 Å². The van der Waals surface area contributed by atoms with Crippen LogP contribution in [-0.4, -0.2) is 39.8 Å². The third-order valence-electron chi connectivity index (χ3n) is 2.57. The lowest BCUT2D eigenvalue weighted by atomic mass is 10.1. The minimum atomic E-state index is -2.97. The van der Waals surface area contributed by atoms with Gasteiger partial charge in [0, 0.05) is 35.6 Å². The number of sulfone groups is 1. The highest BCUT2D eigenvalue weighted by atomic mass is 79.9. The number of anilines is 1.